The molecule has 4 saturated heterocycles. The van der Waals surface area contributed by atoms with Gasteiger partial charge < -0.3 is 25.8 Å². The summed E-state index contributed by atoms with van der Waals surface area (Å²) < 4.78 is 26.3. The van der Waals surface area contributed by atoms with Crippen LogP contribution in [0.1, 0.15) is 59.1 Å². The van der Waals surface area contributed by atoms with Gasteiger partial charge in [-0.2, -0.15) is 0 Å². The number of nitrogens with one attached hydrogen (secondary N) is 1. The zero-order valence-corrected chi connectivity index (χ0v) is 37.7. The molecule has 332 valence electrons. The molecule has 0 saturated carbocycles. The van der Waals surface area contributed by atoms with Crippen molar-refractivity contribution >= 4 is 64.6 Å². The maximum atomic E-state index is 13.2. The normalized spacial score (nSPS) is 20.9. The molecule has 4 bridgehead atoms. The number of nitrogens with two attached hydrogens (primary N) is 1. The number of halogens is 4. The maximum Gasteiger partial charge on any atom is 0.321 e. The second kappa shape index (κ2) is 20.1. The Morgan fingerprint density at radius 2 is 1.06 bits per heavy atom. The molecule has 4 aliphatic heterocycles. The van der Waals surface area contributed by atoms with Crippen LogP contribution < -0.4 is 11.1 Å². The van der Waals surface area contributed by atoms with Gasteiger partial charge in [0.05, 0.1) is 5.69 Å². The molecule has 0 spiro atoms. The van der Waals surface area contributed by atoms with Gasteiger partial charge >= 0.3 is 6.03 Å². The minimum Gasteiger partial charge on any atom is -0.398 e. The van der Waals surface area contributed by atoms with Gasteiger partial charge in [-0.25, -0.2) is 13.6 Å². The minimum absolute atomic E-state index is 0.0218. The van der Waals surface area contributed by atoms with Crippen molar-refractivity contribution in [2.24, 2.45) is 0 Å². The van der Waals surface area contributed by atoms with E-state index in [0.29, 0.717) is 21.4 Å². The van der Waals surface area contributed by atoms with Crippen LogP contribution in [0.5, 0.6) is 0 Å². The summed E-state index contributed by atoms with van der Waals surface area (Å²) in [5, 5.41) is 4.02. The van der Waals surface area contributed by atoms with E-state index in [9.17, 15) is 23.2 Å². The lowest BCUT2D eigenvalue weighted by Crippen LogP contribution is -2.55. The quantitative estimate of drug-likeness (QED) is 0.128. The lowest BCUT2D eigenvalue weighted by molar-refractivity contribution is -0.132. The zero-order valence-electron chi connectivity index (χ0n) is 36.2. The number of aryl methyl sites for hydroxylation is 2. The number of anilines is 2. The molecule has 14 heteroatoms. The molecule has 0 aliphatic carbocycles. The Hall–Kier alpha value is -5.27. The van der Waals surface area contributed by atoms with Crippen molar-refractivity contribution in [3.05, 3.63) is 140 Å². The topological polar surface area (TPSA) is 105 Å². The van der Waals surface area contributed by atoms with Crippen LogP contribution in [0, 0.1) is 25.5 Å². The Balaban J connectivity index is 0.000000191. The zero-order chi connectivity index (χ0) is 44.9. The molecule has 4 aromatic rings. The summed E-state index contributed by atoms with van der Waals surface area (Å²) in [4.78, 5) is 48.4. The van der Waals surface area contributed by atoms with E-state index in [4.69, 9.17) is 28.9 Å². The molecular formula is C49H55Cl2F2N7O3. The summed E-state index contributed by atoms with van der Waals surface area (Å²) >= 11 is 12.4. The summed E-state index contributed by atoms with van der Waals surface area (Å²) in [5.74, 6) is -0.434. The van der Waals surface area contributed by atoms with E-state index in [2.05, 4.69) is 15.1 Å². The molecular weight excluding hydrogens is 843 g/mol. The van der Waals surface area contributed by atoms with Crippen LogP contribution in [0.15, 0.2) is 84.9 Å². The van der Waals surface area contributed by atoms with Gasteiger partial charge in [-0.1, -0.05) is 47.5 Å². The van der Waals surface area contributed by atoms with Crippen LogP contribution in [0.4, 0.5) is 25.0 Å². The van der Waals surface area contributed by atoms with Gasteiger partial charge in [0, 0.05) is 105 Å². The number of carbonyl (C=O) groups excluding carboxylic acids is 3. The number of benzene rings is 4. The highest BCUT2D eigenvalue weighted by molar-refractivity contribution is 6.32. The summed E-state index contributed by atoms with van der Waals surface area (Å²) in [6, 6.07) is 21.0. The van der Waals surface area contributed by atoms with Gasteiger partial charge in [-0.3, -0.25) is 19.4 Å². The first-order valence-corrected chi connectivity index (χ1v) is 22.2. The third-order valence-corrected chi connectivity index (χ3v) is 13.2. The van der Waals surface area contributed by atoms with Crippen LogP contribution in [0.3, 0.4) is 0 Å². The van der Waals surface area contributed by atoms with Crippen molar-refractivity contribution in [3.63, 3.8) is 0 Å². The number of rotatable bonds is 9. The third-order valence-electron chi connectivity index (χ3n) is 12.4. The number of piperazine rings is 2. The van der Waals surface area contributed by atoms with Crippen LogP contribution in [0.2, 0.25) is 10.0 Å². The first kappa shape index (κ1) is 45.7. The molecule has 4 aliphatic rings. The molecule has 0 aromatic heterocycles. The first-order valence-electron chi connectivity index (χ1n) is 21.4. The number of nitrogen functional groups attached to an aromatic ring is 1. The highest BCUT2D eigenvalue weighted by atomic mass is 35.5. The van der Waals surface area contributed by atoms with Crippen LogP contribution in [-0.4, -0.2) is 107 Å². The average molecular weight is 899 g/mol. The highest BCUT2D eigenvalue weighted by Crippen LogP contribution is 2.34. The van der Waals surface area contributed by atoms with Gasteiger partial charge in [0.25, 0.3) is 0 Å². The number of nitrogens with zero attached hydrogens (tertiary/aromatic N) is 5. The number of likely N-dealkylation sites (tertiary alicyclic amines) is 2. The fourth-order valence-corrected chi connectivity index (χ4v) is 9.53. The monoisotopic (exact) mass is 897 g/mol. The second-order valence-electron chi connectivity index (χ2n) is 17.3. The van der Waals surface area contributed by atoms with Crippen LogP contribution in [-0.2, 0) is 22.7 Å². The van der Waals surface area contributed by atoms with Gasteiger partial charge in [0.15, 0.2) is 0 Å². The molecule has 10 nitrogen and oxygen atoms in total. The van der Waals surface area contributed by atoms with E-state index in [-0.39, 0.29) is 53.6 Å². The predicted octanol–water partition coefficient (Wildman–Crippen LogP) is 9.03. The Morgan fingerprint density at radius 1 is 0.667 bits per heavy atom. The van der Waals surface area contributed by atoms with E-state index in [1.54, 1.807) is 50.5 Å². The SMILES string of the molecule is Cc1cc(/C=C/C(=O)N2C3CCC2CN(Cc2ccc(F)cc2)C3)c(N)cc1Cl.Cc1cc(/C=C/C(=O)N2C3CCC2CN(Cc2ccc(F)cc2)C3)c(NC(=O)N(C)C)cc1Cl. The number of urea groups is 1. The highest BCUT2D eigenvalue weighted by Gasteiger charge is 2.43. The average Bonchev–Trinajstić information content (AvgIpc) is 3.68. The third kappa shape index (κ3) is 11.3. The van der Waals surface area contributed by atoms with E-state index in [0.717, 1.165) is 98.3 Å². The first-order chi connectivity index (χ1) is 30.1. The van der Waals surface area contributed by atoms with Gasteiger partial charge in [-0.15, -0.1) is 0 Å². The molecule has 4 heterocycles. The lowest BCUT2D eigenvalue weighted by Gasteiger charge is -2.40. The fraction of sp³-hybridized carbons (Fsp3) is 0.367. The molecule has 0 radical (unpaired) electrons. The van der Waals surface area contributed by atoms with E-state index in [1.165, 1.54) is 29.2 Å². The molecule has 4 atom stereocenters. The summed E-state index contributed by atoms with van der Waals surface area (Å²) in [6.45, 7) is 8.64. The van der Waals surface area contributed by atoms with Gasteiger partial charge in [0.2, 0.25) is 11.8 Å². The molecule has 8 rings (SSSR count). The standard InChI is InChI=1S/C26H30ClFN4O2.C23H25ClFN3O/c1-17-12-19(24(13-23(17)27)29-26(34)30(2)3)6-11-25(33)32-21-9-10-22(32)16-31(15-21)14-18-4-7-20(28)8-5-18;1-15-10-17(22(26)11-21(15)24)4-9-23(29)28-19-7-8-20(28)14-27(13-19)12-16-2-5-18(25)6-3-16/h4-8,11-13,21-22H,9-10,14-16H2,1-3H3,(H,29,34);2-6,9-11,19-20H,7-8,12-14,26H2,1H3/b11-6+;9-4+. The van der Waals surface area contributed by atoms with Crippen LogP contribution >= 0.6 is 23.2 Å². The summed E-state index contributed by atoms with van der Waals surface area (Å²) in [5.41, 5.74) is 12.7. The van der Waals surface area contributed by atoms with Crippen molar-refractivity contribution in [1.82, 2.24) is 24.5 Å². The fourth-order valence-electron chi connectivity index (χ4n) is 9.19. The largest absolute Gasteiger partial charge is 0.398 e. The minimum atomic E-state index is -0.267. The Labute approximate surface area is 378 Å². The smallest absolute Gasteiger partial charge is 0.321 e. The number of hydrogen-bond acceptors (Lipinski definition) is 6. The number of carbonyl (C=O) groups is 3. The maximum absolute atomic E-state index is 13.2. The number of amides is 4. The van der Waals surface area contributed by atoms with Crippen molar-refractivity contribution < 1.29 is 23.2 Å². The molecule has 4 aromatic carbocycles. The second-order valence-corrected chi connectivity index (χ2v) is 18.1. The Bertz CT molecular complexity index is 2350. The summed E-state index contributed by atoms with van der Waals surface area (Å²) in [6.07, 6.45) is 10.8. The number of fused-ring (bicyclic) bond motifs is 4. The summed E-state index contributed by atoms with van der Waals surface area (Å²) in [7, 11) is 3.32. The van der Waals surface area contributed by atoms with E-state index < -0.39 is 0 Å². The molecule has 3 N–H and O–H groups in total. The van der Waals surface area contributed by atoms with Crippen molar-refractivity contribution in [3.8, 4) is 0 Å². The van der Waals surface area contributed by atoms with E-state index >= 15 is 0 Å². The Kier molecular flexibility index (Phi) is 14.6. The Morgan fingerprint density at radius 3 is 1.49 bits per heavy atom. The number of hydrogen-bond donors (Lipinski definition) is 2. The lowest BCUT2D eigenvalue weighted by atomic mass is 10.1. The van der Waals surface area contributed by atoms with Gasteiger partial charge in [0.1, 0.15) is 11.6 Å². The van der Waals surface area contributed by atoms with Gasteiger partial charge in [-0.05, 0) is 134 Å². The van der Waals surface area contributed by atoms with Crippen molar-refractivity contribution in [2.45, 2.75) is 76.8 Å². The molecule has 4 fully saturated rings. The van der Waals surface area contributed by atoms with Crippen LogP contribution in [0.25, 0.3) is 12.2 Å². The molecule has 4 unspecified atom stereocenters. The van der Waals surface area contributed by atoms with Crippen molar-refractivity contribution in [1.29, 1.82) is 0 Å². The molecule has 63 heavy (non-hydrogen) atoms. The predicted molar refractivity (Wildman–Crippen MR) is 248 cm³/mol. The van der Waals surface area contributed by atoms with Crippen molar-refractivity contribution in [2.75, 3.05) is 51.3 Å². The van der Waals surface area contributed by atoms with E-state index in [1.807, 2.05) is 60.0 Å². The molecule has 4 amide bonds.